The van der Waals surface area contributed by atoms with E-state index < -0.39 is 28.0 Å². The Bertz CT molecular complexity index is 513. The van der Waals surface area contributed by atoms with E-state index in [0.717, 1.165) is 17.1 Å². The van der Waals surface area contributed by atoms with Crippen LogP contribution in [-0.4, -0.2) is 60.8 Å². The van der Waals surface area contributed by atoms with Crippen LogP contribution in [0.25, 0.3) is 0 Å². The molecule has 21 heavy (non-hydrogen) atoms. The predicted octanol–water partition coefficient (Wildman–Crippen LogP) is -0.775. The fourth-order valence-electron chi connectivity index (χ4n) is 3.12. The number of carbonyl (C=O) groups is 2. The molecule has 1 aliphatic heterocycles. The van der Waals surface area contributed by atoms with Crippen molar-refractivity contribution in [2.45, 2.75) is 25.7 Å². The minimum Gasteiger partial charge on any atom is -0.481 e. The third kappa shape index (κ3) is 3.72. The molecular formula is C12H21N3O5S. The molecule has 0 radical (unpaired) electrons. The van der Waals surface area contributed by atoms with Gasteiger partial charge in [-0.1, -0.05) is 12.8 Å². The maximum atomic E-state index is 12.5. The van der Waals surface area contributed by atoms with Gasteiger partial charge in [0.05, 0.1) is 11.8 Å². The summed E-state index contributed by atoms with van der Waals surface area (Å²) in [5.41, 5.74) is 0. The van der Waals surface area contributed by atoms with Gasteiger partial charge in [-0.2, -0.15) is 12.7 Å². The lowest BCUT2D eigenvalue weighted by Gasteiger charge is -2.37. The zero-order valence-electron chi connectivity index (χ0n) is 11.8. The number of nitrogens with zero attached hydrogens (tertiary/aromatic N) is 2. The first kappa shape index (κ1) is 16.2. The van der Waals surface area contributed by atoms with Gasteiger partial charge in [-0.05, 0) is 12.8 Å². The molecule has 1 aliphatic carbocycles. The molecule has 0 aromatic heterocycles. The van der Waals surface area contributed by atoms with Gasteiger partial charge >= 0.3 is 5.97 Å². The van der Waals surface area contributed by atoms with Gasteiger partial charge in [0.2, 0.25) is 5.91 Å². The number of aliphatic carboxylic acids is 1. The van der Waals surface area contributed by atoms with E-state index in [4.69, 9.17) is 5.14 Å². The minimum atomic E-state index is -3.72. The number of nitrogens with two attached hydrogens (primary N) is 1. The monoisotopic (exact) mass is 319 g/mol. The highest BCUT2D eigenvalue weighted by molar-refractivity contribution is 7.86. The summed E-state index contributed by atoms with van der Waals surface area (Å²) in [5.74, 6) is -2.20. The van der Waals surface area contributed by atoms with Crippen molar-refractivity contribution in [1.29, 1.82) is 0 Å². The van der Waals surface area contributed by atoms with Crippen LogP contribution in [0.1, 0.15) is 25.7 Å². The van der Waals surface area contributed by atoms with E-state index in [1.165, 1.54) is 0 Å². The van der Waals surface area contributed by atoms with Crippen molar-refractivity contribution < 1.29 is 23.1 Å². The fraction of sp³-hybridized carbons (Fsp3) is 0.833. The van der Waals surface area contributed by atoms with E-state index in [2.05, 4.69) is 0 Å². The average molecular weight is 319 g/mol. The Labute approximate surface area is 124 Å². The number of amides is 1. The quantitative estimate of drug-likeness (QED) is 0.707. The van der Waals surface area contributed by atoms with Gasteiger partial charge < -0.3 is 10.0 Å². The number of hydrogen-bond donors (Lipinski definition) is 2. The van der Waals surface area contributed by atoms with Crippen molar-refractivity contribution in [1.82, 2.24) is 9.21 Å². The molecule has 1 amide bonds. The van der Waals surface area contributed by atoms with Crippen LogP contribution in [0, 0.1) is 11.8 Å². The van der Waals surface area contributed by atoms with Crippen molar-refractivity contribution >= 4 is 22.1 Å². The van der Waals surface area contributed by atoms with Gasteiger partial charge in [0.25, 0.3) is 10.2 Å². The lowest BCUT2D eigenvalue weighted by Crippen LogP contribution is -2.54. The first-order valence-electron chi connectivity index (χ1n) is 7.10. The number of carboxylic acids is 1. The van der Waals surface area contributed by atoms with Crippen LogP contribution in [0.3, 0.4) is 0 Å². The number of hydrogen-bond acceptors (Lipinski definition) is 4. The van der Waals surface area contributed by atoms with E-state index in [0.29, 0.717) is 12.8 Å². The Balaban J connectivity index is 1.99. The van der Waals surface area contributed by atoms with E-state index >= 15 is 0 Å². The summed E-state index contributed by atoms with van der Waals surface area (Å²) in [4.78, 5) is 25.3. The molecule has 0 aromatic rings. The van der Waals surface area contributed by atoms with Gasteiger partial charge in [-0.3, -0.25) is 9.59 Å². The van der Waals surface area contributed by atoms with Crippen molar-refractivity contribution in [2.75, 3.05) is 26.2 Å². The fourth-order valence-corrected chi connectivity index (χ4v) is 3.79. The molecule has 1 saturated heterocycles. The van der Waals surface area contributed by atoms with Crippen LogP contribution in [0.4, 0.5) is 0 Å². The van der Waals surface area contributed by atoms with E-state index in [9.17, 15) is 23.1 Å². The average Bonchev–Trinajstić information content (AvgIpc) is 2.45. The molecular weight excluding hydrogens is 298 g/mol. The Morgan fingerprint density at radius 3 is 2.00 bits per heavy atom. The van der Waals surface area contributed by atoms with Crippen molar-refractivity contribution in [2.24, 2.45) is 17.0 Å². The van der Waals surface area contributed by atoms with Gasteiger partial charge in [0, 0.05) is 26.2 Å². The van der Waals surface area contributed by atoms with Crippen molar-refractivity contribution in [3.05, 3.63) is 0 Å². The lowest BCUT2D eigenvalue weighted by atomic mass is 9.78. The maximum Gasteiger partial charge on any atom is 0.307 e. The smallest absolute Gasteiger partial charge is 0.307 e. The summed E-state index contributed by atoms with van der Waals surface area (Å²) in [6.45, 7) is 0.847. The normalized spacial score (nSPS) is 28.3. The second-order valence-electron chi connectivity index (χ2n) is 5.60. The standard InChI is InChI=1S/C12H21N3O5S/c13-21(19,20)15-7-5-14(6-8-15)11(16)9-3-1-2-4-10(9)12(17)18/h9-10H,1-8H2,(H,17,18)(H2,13,19,20). The molecule has 1 heterocycles. The number of carboxylic acid groups (broad SMARTS) is 1. The highest BCUT2D eigenvalue weighted by Crippen LogP contribution is 2.32. The first-order chi connectivity index (χ1) is 9.80. The highest BCUT2D eigenvalue weighted by Gasteiger charge is 2.39. The van der Waals surface area contributed by atoms with Crippen molar-refractivity contribution in [3.8, 4) is 0 Å². The number of piperazine rings is 1. The first-order valence-corrected chi connectivity index (χ1v) is 8.60. The molecule has 3 N–H and O–H groups in total. The molecule has 120 valence electrons. The summed E-state index contributed by atoms with van der Waals surface area (Å²) in [7, 11) is -3.72. The Morgan fingerprint density at radius 2 is 1.52 bits per heavy atom. The summed E-state index contributed by atoms with van der Waals surface area (Å²) < 4.78 is 23.6. The largest absolute Gasteiger partial charge is 0.481 e. The molecule has 2 rings (SSSR count). The molecule has 2 aliphatic rings. The molecule has 8 nitrogen and oxygen atoms in total. The van der Waals surface area contributed by atoms with Crippen LogP contribution < -0.4 is 5.14 Å². The third-order valence-corrected chi connectivity index (χ3v) is 5.40. The zero-order chi connectivity index (χ0) is 15.6. The van der Waals surface area contributed by atoms with E-state index in [1.807, 2.05) is 0 Å². The molecule has 0 spiro atoms. The topological polar surface area (TPSA) is 121 Å². The summed E-state index contributed by atoms with van der Waals surface area (Å²) in [6.07, 6.45) is 2.81. The van der Waals surface area contributed by atoms with E-state index in [-0.39, 0.29) is 32.1 Å². The van der Waals surface area contributed by atoms with Gasteiger partial charge in [-0.15, -0.1) is 0 Å². The molecule has 2 atom stereocenters. The second kappa shape index (κ2) is 6.29. The van der Waals surface area contributed by atoms with Crippen LogP contribution in [0.5, 0.6) is 0 Å². The van der Waals surface area contributed by atoms with Gasteiger partial charge in [0.1, 0.15) is 0 Å². The Hall–Kier alpha value is -1.19. The summed E-state index contributed by atoms with van der Waals surface area (Å²) >= 11 is 0. The molecule has 2 unspecified atom stereocenters. The minimum absolute atomic E-state index is 0.162. The molecule has 9 heteroatoms. The van der Waals surface area contributed by atoms with Gasteiger partial charge in [-0.25, -0.2) is 5.14 Å². The number of rotatable bonds is 3. The SMILES string of the molecule is NS(=O)(=O)N1CCN(C(=O)C2CCCCC2C(=O)O)CC1. The van der Waals surface area contributed by atoms with Crippen LogP contribution in [-0.2, 0) is 19.8 Å². The van der Waals surface area contributed by atoms with Crippen LogP contribution in [0.2, 0.25) is 0 Å². The Kier molecular flexibility index (Phi) is 4.84. The maximum absolute atomic E-state index is 12.5. The highest BCUT2D eigenvalue weighted by atomic mass is 32.2. The molecule has 2 fully saturated rings. The molecule has 0 aromatic carbocycles. The molecule has 0 bridgehead atoms. The summed E-state index contributed by atoms with van der Waals surface area (Å²) in [5, 5.41) is 14.3. The molecule has 1 saturated carbocycles. The second-order valence-corrected chi connectivity index (χ2v) is 7.15. The summed E-state index contributed by atoms with van der Waals surface area (Å²) in [6, 6.07) is 0. The van der Waals surface area contributed by atoms with Gasteiger partial charge in [0.15, 0.2) is 0 Å². The number of carbonyl (C=O) groups excluding carboxylic acids is 1. The zero-order valence-corrected chi connectivity index (χ0v) is 12.6. The van der Waals surface area contributed by atoms with Crippen LogP contribution >= 0.6 is 0 Å². The van der Waals surface area contributed by atoms with Crippen molar-refractivity contribution in [3.63, 3.8) is 0 Å². The lowest BCUT2D eigenvalue weighted by molar-refractivity contribution is -0.152. The van der Waals surface area contributed by atoms with E-state index in [1.54, 1.807) is 4.90 Å². The predicted molar refractivity (Wildman–Crippen MR) is 74.3 cm³/mol. The Morgan fingerprint density at radius 1 is 1.00 bits per heavy atom. The van der Waals surface area contributed by atoms with Crippen LogP contribution in [0.15, 0.2) is 0 Å². The third-order valence-electron chi connectivity index (χ3n) is 4.31.